The molecule has 4 nitrogen and oxygen atoms in total. The Morgan fingerprint density at radius 1 is 1.15 bits per heavy atom. The highest BCUT2D eigenvalue weighted by Crippen LogP contribution is 2.32. The number of amides is 1. The third kappa shape index (κ3) is 4.07. The van der Waals surface area contributed by atoms with Gasteiger partial charge in [-0.3, -0.25) is 9.47 Å². The lowest BCUT2D eigenvalue weighted by Crippen LogP contribution is -2.55. The van der Waals surface area contributed by atoms with Crippen LogP contribution in [0.4, 0.5) is 0 Å². The van der Waals surface area contributed by atoms with Crippen LogP contribution in [0.25, 0.3) is 0 Å². The maximum atomic E-state index is 13.2. The van der Waals surface area contributed by atoms with Crippen LogP contribution in [0, 0.1) is 5.92 Å². The summed E-state index contributed by atoms with van der Waals surface area (Å²) in [5, 5.41) is 5.74. The van der Waals surface area contributed by atoms with E-state index in [4.69, 9.17) is 0 Å². The van der Waals surface area contributed by atoms with E-state index >= 15 is 0 Å². The lowest BCUT2D eigenvalue weighted by Gasteiger charge is -2.41. The second-order valence-corrected chi connectivity index (χ2v) is 7.61. The molecule has 1 saturated heterocycles. The Morgan fingerprint density at radius 3 is 2.56 bits per heavy atom. The number of aryl methyl sites for hydroxylation is 1. The van der Waals surface area contributed by atoms with Crippen molar-refractivity contribution >= 4 is 18.3 Å². The van der Waals surface area contributed by atoms with Crippen LogP contribution in [0.1, 0.15) is 56.2 Å². The van der Waals surface area contributed by atoms with Crippen LogP contribution in [0.15, 0.2) is 48.8 Å². The molecule has 2 unspecified atom stereocenters. The minimum Gasteiger partial charge on any atom is -0.310 e. The number of benzene rings is 1. The molecule has 27 heavy (non-hydrogen) atoms. The average molecular weight is 388 g/mol. The predicted molar refractivity (Wildman–Crippen MR) is 112 cm³/mol. The van der Waals surface area contributed by atoms with Gasteiger partial charge in [0.05, 0.1) is 6.04 Å². The standard InChI is InChI=1S/C22H29N3O.ClH/c1-2-17-8-3-4-11-20(17)21-16-19(12-13-23-21)25(24-14-5-6-15-24)22(26)18-9-7-10-18;/h3-6,8,11,14-15,18-19,21,23H,2,7,9-10,12-13,16H2,1H3;1H. The van der Waals surface area contributed by atoms with Crippen molar-refractivity contribution in [3.05, 3.63) is 59.9 Å². The van der Waals surface area contributed by atoms with Crippen molar-refractivity contribution < 1.29 is 4.79 Å². The van der Waals surface area contributed by atoms with Gasteiger partial charge in [-0.05, 0) is 61.9 Å². The fourth-order valence-corrected chi connectivity index (χ4v) is 4.35. The molecule has 2 heterocycles. The average Bonchev–Trinajstić information content (AvgIpc) is 3.15. The summed E-state index contributed by atoms with van der Waals surface area (Å²) < 4.78 is 2.01. The van der Waals surface area contributed by atoms with E-state index in [0.29, 0.717) is 11.9 Å². The third-order valence-electron chi connectivity index (χ3n) is 6.05. The normalized spacial score (nSPS) is 22.6. The van der Waals surface area contributed by atoms with Crippen LogP contribution >= 0.6 is 12.4 Å². The van der Waals surface area contributed by atoms with E-state index in [9.17, 15) is 4.79 Å². The Hall–Kier alpha value is -1.78. The number of carbonyl (C=O) groups excluding carboxylic acids is 1. The lowest BCUT2D eigenvalue weighted by atomic mass is 9.83. The number of halogens is 1. The van der Waals surface area contributed by atoms with E-state index in [1.54, 1.807) is 0 Å². The molecule has 2 aliphatic rings. The number of carbonyl (C=O) groups is 1. The van der Waals surface area contributed by atoms with Crippen molar-refractivity contribution in [2.24, 2.45) is 5.92 Å². The SMILES string of the molecule is CCc1ccccc1C1CC(N(C(=O)C2CCC2)n2cccc2)CCN1.Cl. The number of nitrogens with one attached hydrogen (secondary N) is 1. The zero-order valence-electron chi connectivity index (χ0n) is 16.0. The Bertz CT molecular complexity index is 742. The molecule has 1 aliphatic carbocycles. The quantitative estimate of drug-likeness (QED) is 0.833. The smallest absolute Gasteiger partial charge is 0.244 e. The molecule has 0 bridgehead atoms. The van der Waals surface area contributed by atoms with Crippen molar-refractivity contribution in [3.63, 3.8) is 0 Å². The zero-order chi connectivity index (χ0) is 17.9. The largest absolute Gasteiger partial charge is 0.310 e. The predicted octanol–water partition coefficient (Wildman–Crippen LogP) is 4.23. The van der Waals surface area contributed by atoms with E-state index in [-0.39, 0.29) is 24.4 Å². The minimum atomic E-state index is 0. The summed E-state index contributed by atoms with van der Waals surface area (Å²) >= 11 is 0. The van der Waals surface area contributed by atoms with Gasteiger partial charge in [-0.2, -0.15) is 0 Å². The van der Waals surface area contributed by atoms with Gasteiger partial charge in [0, 0.05) is 24.4 Å². The first-order chi connectivity index (χ1) is 12.8. The number of aromatic nitrogens is 1. The second kappa shape index (κ2) is 8.94. The summed E-state index contributed by atoms with van der Waals surface area (Å²) in [5.74, 6) is 0.524. The molecule has 5 heteroatoms. The molecule has 1 amide bonds. The Balaban J connectivity index is 0.00000210. The number of piperidine rings is 1. The molecule has 2 atom stereocenters. The Morgan fingerprint density at radius 2 is 1.89 bits per heavy atom. The van der Waals surface area contributed by atoms with Gasteiger partial charge >= 0.3 is 0 Å². The highest BCUT2D eigenvalue weighted by molar-refractivity contribution is 5.89. The molecule has 1 aliphatic heterocycles. The highest BCUT2D eigenvalue weighted by atomic mass is 35.5. The van der Waals surface area contributed by atoms with Gasteiger partial charge in [-0.15, -0.1) is 12.4 Å². The van der Waals surface area contributed by atoms with E-state index < -0.39 is 0 Å². The topological polar surface area (TPSA) is 37.3 Å². The van der Waals surface area contributed by atoms with Crippen LogP contribution in [0.3, 0.4) is 0 Å². The lowest BCUT2D eigenvalue weighted by molar-refractivity contribution is -0.127. The van der Waals surface area contributed by atoms with Crippen molar-refractivity contribution in [2.45, 2.75) is 57.5 Å². The molecule has 4 rings (SSSR count). The molecule has 1 aromatic heterocycles. The van der Waals surface area contributed by atoms with Crippen molar-refractivity contribution in [2.75, 3.05) is 11.6 Å². The first kappa shape index (κ1) is 20.0. The van der Waals surface area contributed by atoms with E-state index in [1.807, 2.05) is 34.2 Å². The van der Waals surface area contributed by atoms with Crippen LogP contribution in [-0.2, 0) is 11.2 Å². The molecular formula is C22H30ClN3O. The monoisotopic (exact) mass is 387 g/mol. The molecular weight excluding hydrogens is 358 g/mol. The summed E-state index contributed by atoms with van der Waals surface area (Å²) in [6.45, 7) is 3.16. The molecule has 146 valence electrons. The van der Waals surface area contributed by atoms with Gasteiger partial charge in [-0.1, -0.05) is 37.6 Å². The summed E-state index contributed by atoms with van der Waals surface area (Å²) in [7, 11) is 0. The summed E-state index contributed by atoms with van der Waals surface area (Å²) in [6, 6.07) is 13.3. The molecule has 1 N–H and O–H groups in total. The number of hydrogen-bond acceptors (Lipinski definition) is 2. The Labute approximate surface area is 168 Å². The molecule has 0 radical (unpaired) electrons. The maximum absolute atomic E-state index is 13.2. The van der Waals surface area contributed by atoms with Gasteiger partial charge < -0.3 is 5.32 Å². The summed E-state index contributed by atoms with van der Waals surface area (Å²) in [5.41, 5.74) is 2.80. The fourth-order valence-electron chi connectivity index (χ4n) is 4.35. The molecule has 0 spiro atoms. The molecule has 2 aromatic rings. The van der Waals surface area contributed by atoms with Crippen LogP contribution in [0.2, 0.25) is 0 Å². The maximum Gasteiger partial charge on any atom is 0.244 e. The van der Waals surface area contributed by atoms with Crippen LogP contribution in [0.5, 0.6) is 0 Å². The second-order valence-electron chi connectivity index (χ2n) is 7.61. The van der Waals surface area contributed by atoms with Gasteiger partial charge in [-0.25, -0.2) is 5.01 Å². The molecule has 2 fully saturated rings. The first-order valence-electron chi connectivity index (χ1n) is 10.1. The highest BCUT2D eigenvalue weighted by Gasteiger charge is 2.36. The van der Waals surface area contributed by atoms with E-state index in [2.05, 4.69) is 36.5 Å². The summed E-state index contributed by atoms with van der Waals surface area (Å²) in [6.07, 6.45) is 10.3. The zero-order valence-corrected chi connectivity index (χ0v) is 16.8. The molecule has 1 aromatic carbocycles. The van der Waals surface area contributed by atoms with Gasteiger partial charge in [0.2, 0.25) is 5.91 Å². The van der Waals surface area contributed by atoms with Crippen LogP contribution in [-0.4, -0.2) is 23.2 Å². The first-order valence-corrected chi connectivity index (χ1v) is 10.1. The number of nitrogens with zero attached hydrogens (tertiary/aromatic N) is 2. The fraction of sp³-hybridized carbons (Fsp3) is 0.500. The van der Waals surface area contributed by atoms with Crippen LogP contribution < -0.4 is 10.3 Å². The Kier molecular flexibility index (Phi) is 6.61. The van der Waals surface area contributed by atoms with Gasteiger partial charge in [0.25, 0.3) is 0 Å². The van der Waals surface area contributed by atoms with Gasteiger partial charge in [0.1, 0.15) is 0 Å². The number of hydrogen-bond donors (Lipinski definition) is 1. The van der Waals surface area contributed by atoms with E-state index in [0.717, 1.165) is 38.6 Å². The summed E-state index contributed by atoms with van der Waals surface area (Å²) in [4.78, 5) is 13.2. The van der Waals surface area contributed by atoms with Crippen molar-refractivity contribution in [3.8, 4) is 0 Å². The minimum absolute atomic E-state index is 0. The van der Waals surface area contributed by atoms with Crippen molar-refractivity contribution in [1.82, 2.24) is 9.99 Å². The van der Waals surface area contributed by atoms with Crippen molar-refractivity contribution in [1.29, 1.82) is 0 Å². The number of rotatable bonds is 5. The van der Waals surface area contributed by atoms with Gasteiger partial charge in [0.15, 0.2) is 0 Å². The molecule has 1 saturated carbocycles. The third-order valence-corrected chi connectivity index (χ3v) is 6.05. The van der Waals surface area contributed by atoms with E-state index in [1.165, 1.54) is 17.5 Å².